The summed E-state index contributed by atoms with van der Waals surface area (Å²) in [5.74, 6) is 0. The van der Waals surface area contributed by atoms with Gasteiger partial charge in [0.1, 0.15) is 0 Å². The second-order valence-electron chi connectivity index (χ2n) is 2.81. The van der Waals surface area contributed by atoms with Gasteiger partial charge in [0.2, 0.25) is 0 Å². The Labute approximate surface area is 80.9 Å². The van der Waals surface area contributed by atoms with Gasteiger partial charge in [0.05, 0.1) is 18.1 Å². The molecule has 0 bridgehead atoms. The lowest BCUT2D eigenvalue weighted by Crippen LogP contribution is -1.84. The highest BCUT2D eigenvalue weighted by atomic mass is 16.4. The van der Waals surface area contributed by atoms with Crippen molar-refractivity contribution < 1.29 is 5.21 Å². The smallest absolute Gasteiger partial charge is 0.0771 e. The molecule has 4 nitrogen and oxygen atoms in total. The molecule has 0 fully saturated rings. The molecule has 14 heavy (non-hydrogen) atoms. The number of nitrogens with one attached hydrogen (secondary N) is 1. The molecule has 1 aromatic carbocycles. The lowest BCUT2D eigenvalue weighted by Gasteiger charge is -1.97. The molecule has 0 spiro atoms. The van der Waals surface area contributed by atoms with Gasteiger partial charge in [0.25, 0.3) is 0 Å². The van der Waals surface area contributed by atoms with Crippen LogP contribution >= 0.6 is 0 Å². The van der Waals surface area contributed by atoms with Crippen LogP contribution in [0.5, 0.6) is 0 Å². The monoisotopic (exact) mass is 187 g/mol. The van der Waals surface area contributed by atoms with Gasteiger partial charge in [-0.15, -0.1) is 0 Å². The fourth-order valence-electron chi connectivity index (χ4n) is 1.29. The first kappa shape index (κ1) is 8.50. The topological polar surface area (TPSA) is 61.3 Å². The van der Waals surface area contributed by atoms with Crippen LogP contribution in [-0.4, -0.2) is 21.6 Å². The Morgan fingerprint density at radius 2 is 2.07 bits per heavy atom. The number of benzene rings is 1. The van der Waals surface area contributed by atoms with E-state index in [0.717, 1.165) is 16.8 Å². The minimum atomic E-state index is 0.763. The summed E-state index contributed by atoms with van der Waals surface area (Å²) in [7, 11) is 0. The van der Waals surface area contributed by atoms with E-state index in [4.69, 9.17) is 5.21 Å². The summed E-state index contributed by atoms with van der Waals surface area (Å²) < 4.78 is 0. The van der Waals surface area contributed by atoms with Gasteiger partial charge in [-0.3, -0.25) is 5.10 Å². The van der Waals surface area contributed by atoms with Crippen molar-refractivity contribution in [3.05, 3.63) is 42.1 Å². The average Bonchev–Trinajstić information content (AvgIpc) is 2.68. The van der Waals surface area contributed by atoms with Crippen molar-refractivity contribution in [2.75, 3.05) is 0 Å². The van der Waals surface area contributed by atoms with Crippen LogP contribution in [0.25, 0.3) is 11.3 Å². The summed E-state index contributed by atoms with van der Waals surface area (Å²) in [5.41, 5.74) is 2.63. The third kappa shape index (κ3) is 1.50. The van der Waals surface area contributed by atoms with E-state index < -0.39 is 0 Å². The zero-order valence-corrected chi connectivity index (χ0v) is 7.38. The molecule has 0 aliphatic carbocycles. The number of aromatic amines is 1. The van der Waals surface area contributed by atoms with Gasteiger partial charge in [0, 0.05) is 11.1 Å². The molecule has 0 unspecified atom stereocenters. The number of nitrogens with zero attached hydrogens (tertiary/aromatic N) is 2. The minimum Gasteiger partial charge on any atom is -0.411 e. The second-order valence-corrected chi connectivity index (χ2v) is 2.81. The normalized spacial score (nSPS) is 10.9. The van der Waals surface area contributed by atoms with E-state index in [9.17, 15) is 0 Å². The number of hydrogen-bond donors (Lipinski definition) is 2. The van der Waals surface area contributed by atoms with E-state index >= 15 is 0 Å². The Kier molecular flexibility index (Phi) is 2.27. The molecule has 2 aromatic rings. The van der Waals surface area contributed by atoms with Gasteiger partial charge in [-0.2, -0.15) is 5.10 Å². The average molecular weight is 187 g/mol. The van der Waals surface area contributed by atoms with Crippen LogP contribution in [0.1, 0.15) is 5.56 Å². The highest BCUT2D eigenvalue weighted by Crippen LogP contribution is 2.18. The van der Waals surface area contributed by atoms with Crippen molar-refractivity contribution in [1.29, 1.82) is 0 Å². The third-order valence-electron chi connectivity index (χ3n) is 1.93. The van der Waals surface area contributed by atoms with E-state index in [1.807, 2.05) is 30.3 Å². The quantitative estimate of drug-likeness (QED) is 0.428. The van der Waals surface area contributed by atoms with Gasteiger partial charge in [-0.05, 0) is 0 Å². The molecule has 0 saturated heterocycles. The van der Waals surface area contributed by atoms with Crippen molar-refractivity contribution in [2.45, 2.75) is 0 Å². The zero-order chi connectivity index (χ0) is 9.80. The Hall–Kier alpha value is -2.10. The Balaban J connectivity index is 2.47. The summed E-state index contributed by atoms with van der Waals surface area (Å²) in [6.07, 6.45) is 2.97. The van der Waals surface area contributed by atoms with Crippen LogP contribution in [0.3, 0.4) is 0 Å². The third-order valence-corrected chi connectivity index (χ3v) is 1.93. The maximum atomic E-state index is 8.44. The Morgan fingerprint density at radius 1 is 1.29 bits per heavy atom. The Bertz CT molecular complexity index is 434. The fraction of sp³-hybridized carbons (Fsp3) is 0. The molecule has 0 aliphatic rings. The molecule has 1 aromatic heterocycles. The molecule has 70 valence electrons. The zero-order valence-electron chi connectivity index (χ0n) is 7.38. The van der Waals surface area contributed by atoms with E-state index in [0.29, 0.717) is 0 Å². The van der Waals surface area contributed by atoms with Gasteiger partial charge in [-0.25, -0.2) is 0 Å². The van der Waals surface area contributed by atoms with Gasteiger partial charge in [-0.1, -0.05) is 35.5 Å². The van der Waals surface area contributed by atoms with Crippen molar-refractivity contribution in [3.8, 4) is 11.3 Å². The first-order valence-electron chi connectivity index (χ1n) is 4.18. The number of hydrogen-bond acceptors (Lipinski definition) is 3. The highest BCUT2D eigenvalue weighted by Gasteiger charge is 2.04. The van der Waals surface area contributed by atoms with Crippen molar-refractivity contribution in [3.63, 3.8) is 0 Å². The number of H-pyrrole nitrogens is 1. The first-order chi connectivity index (χ1) is 6.92. The molecule has 2 N–H and O–H groups in total. The molecule has 2 rings (SSSR count). The van der Waals surface area contributed by atoms with Gasteiger partial charge < -0.3 is 5.21 Å². The molecule has 0 saturated carbocycles. The standard InChI is InChI=1S/C10H9N3O/c14-12-7-9-6-11-13-10(9)8-4-2-1-3-5-8/h1-7,14H,(H,11,13)/b12-7+. The van der Waals surface area contributed by atoms with Crippen LogP contribution in [0, 0.1) is 0 Å². The van der Waals surface area contributed by atoms with Crippen LogP contribution in [0.2, 0.25) is 0 Å². The van der Waals surface area contributed by atoms with Crippen LogP contribution in [0.15, 0.2) is 41.7 Å². The fourth-order valence-corrected chi connectivity index (χ4v) is 1.29. The minimum absolute atomic E-state index is 0.763. The van der Waals surface area contributed by atoms with E-state index in [1.54, 1.807) is 6.20 Å². The van der Waals surface area contributed by atoms with Crippen LogP contribution in [0.4, 0.5) is 0 Å². The van der Waals surface area contributed by atoms with Gasteiger partial charge in [0.15, 0.2) is 0 Å². The molecule has 0 atom stereocenters. The summed E-state index contributed by atoms with van der Waals surface area (Å²) >= 11 is 0. The highest BCUT2D eigenvalue weighted by molar-refractivity contribution is 5.87. The molecule has 0 aliphatic heterocycles. The molecular weight excluding hydrogens is 178 g/mol. The SMILES string of the molecule is O/N=C/c1cn[nH]c1-c1ccccc1. The van der Waals surface area contributed by atoms with Crippen molar-refractivity contribution in [2.24, 2.45) is 5.16 Å². The maximum absolute atomic E-state index is 8.44. The number of oxime groups is 1. The molecule has 0 radical (unpaired) electrons. The van der Waals surface area contributed by atoms with Crippen LogP contribution < -0.4 is 0 Å². The maximum Gasteiger partial charge on any atom is 0.0771 e. The van der Waals surface area contributed by atoms with E-state index in [2.05, 4.69) is 15.4 Å². The predicted octanol–water partition coefficient (Wildman–Crippen LogP) is 1.88. The Morgan fingerprint density at radius 3 is 2.79 bits per heavy atom. The molecule has 4 heteroatoms. The molecular formula is C10H9N3O. The van der Waals surface area contributed by atoms with Crippen molar-refractivity contribution in [1.82, 2.24) is 10.2 Å². The number of rotatable bonds is 2. The molecule has 0 amide bonds. The van der Waals surface area contributed by atoms with Crippen LogP contribution in [-0.2, 0) is 0 Å². The summed E-state index contributed by atoms with van der Waals surface area (Å²) in [6, 6.07) is 9.75. The summed E-state index contributed by atoms with van der Waals surface area (Å²) in [4.78, 5) is 0. The lowest BCUT2D eigenvalue weighted by molar-refractivity contribution is 0.322. The van der Waals surface area contributed by atoms with E-state index in [1.165, 1.54) is 6.21 Å². The lowest BCUT2D eigenvalue weighted by atomic mass is 10.1. The number of aromatic nitrogens is 2. The largest absolute Gasteiger partial charge is 0.411 e. The summed E-state index contributed by atoms with van der Waals surface area (Å²) in [5, 5.41) is 18.2. The van der Waals surface area contributed by atoms with E-state index in [-0.39, 0.29) is 0 Å². The first-order valence-corrected chi connectivity index (χ1v) is 4.18. The second kappa shape index (κ2) is 3.74. The summed E-state index contributed by atoms with van der Waals surface area (Å²) in [6.45, 7) is 0. The molecule has 1 heterocycles. The van der Waals surface area contributed by atoms with Crippen molar-refractivity contribution >= 4 is 6.21 Å². The predicted molar refractivity (Wildman–Crippen MR) is 53.4 cm³/mol. The van der Waals surface area contributed by atoms with Gasteiger partial charge >= 0.3 is 0 Å².